The van der Waals surface area contributed by atoms with Crippen molar-refractivity contribution in [1.82, 2.24) is 10.2 Å². The average Bonchev–Trinajstić information content (AvgIpc) is 2.52. The van der Waals surface area contributed by atoms with Crippen LogP contribution in [0.2, 0.25) is 0 Å². The van der Waals surface area contributed by atoms with E-state index in [2.05, 4.69) is 54.4 Å². The van der Waals surface area contributed by atoms with Gasteiger partial charge in [0, 0.05) is 19.1 Å². The summed E-state index contributed by atoms with van der Waals surface area (Å²) in [6.45, 7) is 8.57. The summed E-state index contributed by atoms with van der Waals surface area (Å²) in [5.41, 5.74) is 1.43. The van der Waals surface area contributed by atoms with Gasteiger partial charge in [0.25, 0.3) is 0 Å². The van der Waals surface area contributed by atoms with Gasteiger partial charge in [-0.3, -0.25) is 0 Å². The van der Waals surface area contributed by atoms with Gasteiger partial charge in [-0.05, 0) is 50.3 Å². The maximum atomic E-state index is 9.94. The van der Waals surface area contributed by atoms with Crippen LogP contribution < -0.4 is 5.32 Å². The molecule has 1 fully saturated rings. The van der Waals surface area contributed by atoms with E-state index in [1.54, 1.807) is 0 Å². The van der Waals surface area contributed by atoms with Crippen LogP contribution in [0, 0.1) is 5.92 Å². The highest BCUT2D eigenvalue weighted by Crippen LogP contribution is 2.12. The number of likely N-dealkylation sites (tertiary alicyclic amines) is 1. The molecule has 1 atom stereocenters. The quantitative estimate of drug-likeness (QED) is 0.775. The number of nitrogens with zero attached hydrogens (tertiary/aromatic N) is 1. The normalized spacial score (nSPS) is 18.7. The molecule has 0 spiro atoms. The SMILES string of the molecule is CC(C)CC(O)CNC1CCN(CCc2ccccc2)CC1. The lowest BCUT2D eigenvalue weighted by Crippen LogP contribution is -2.45. The van der Waals surface area contributed by atoms with Crippen LogP contribution >= 0.6 is 0 Å². The minimum atomic E-state index is -0.198. The van der Waals surface area contributed by atoms with Crippen LogP contribution in [0.4, 0.5) is 0 Å². The predicted octanol–water partition coefficient (Wildman–Crippen LogP) is 2.69. The highest BCUT2D eigenvalue weighted by atomic mass is 16.3. The molecule has 22 heavy (non-hydrogen) atoms. The molecular formula is C19H32N2O. The number of piperidine rings is 1. The molecule has 0 saturated carbocycles. The van der Waals surface area contributed by atoms with Crippen LogP contribution in [0.25, 0.3) is 0 Å². The zero-order valence-electron chi connectivity index (χ0n) is 14.2. The Bertz CT molecular complexity index is 399. The molecule has 0 aliphatic carbocycles. The first kappa shape index (κ1) is 17.5. The molecular weight excluding hydrogens is 272 g/mol. The van der Waals surface area contributed by atoms with Crippen molar-refractivity contribution in [2.45, 2.75) is 51.7 Å². The summed E-state index contributed by atoms with van der Waals surface area (Å²) in [4.78, 5) is 2.57. The summed E-state index contributed by atoms with van der Waals surface area (Å²) in [7, 11) is 0. The predicted molar refractivity (Wildman–Crippen MR) is 93.1 cm³/mol. The highest BCUT2D eigenvalue weighted by Gasteiger charge is 2.19. The largest absolute Gasteiger partial charge is 0.392 e. The van der Waals surface area contributed by atoms with Gasteiger partial charge in [-0.15, -0.1) is 0 Å². The molecule has 2 N–H and O–H groups in total. The number of hydrogen-bond donors (Lipinski definition) is 2. The van der Waals surface area contributed by atoms with Crippen LogP contribution in [0.3, 0.4) is 0 Å². The Kier molecular flexibility index (Phi) is 7.37. The van der Waals surface area contributed by atoms with Gasteiger partial charge in [0.1, 0.15) is 0 Å². The minimum Gasteiger partial charge on any atom is -0.392 e. The molecule has 1 aromatic rings. The molecule has 1 aromatic carbocycles. The minimum absolute atomic E-state index is 0.198. The lowest BCUT2D eigenvalue weighted by Gasteiger charge is -2.33. The number of benzene rings is 1. The third-order valence-electron chi connectivity index (χ3n) is 4.53. The fraction of sp³-hybridized carbons (Fsp3) is 0.684. The van der Waals surface area contributed by atoms with Crippen molar-refractivity contribution >= 4 is 0 Å². The van der Waals surface area contributed by atoms with Gasteiger partial charge < -0.3 is 15.3 Å². The molecule has 1 aliphatic rings. The monoisotopic (exact) mass is 304 g/mol. The number of aliphatic hydroxyl groups excluding tert-OH is 1. The summed E-state index contributed by atoms with van der Waals surface area (Å²) in [5, 5.41) is 13.5. The second kappa shape index (κ2) is 9.29. The standard InChI is InChI=1S/C19H32N2O/c1-16(2)14-19(22)15-20-18-9-12-21(13-10-18)11-8-17-6-4-3-5-7-17/h3-7,16,18-20,22H,8-15H2,1-2H3. The lowest BCUT2D eigenvalue weighted by atomic mass is 10.0. The van der Waals surface area contributed by atoms with Crippen molar-refractivity contribution in [3.63, 3.8) is 0 Å². The number of hydrogen-bond acceptors (Lipinski definition) is 3. The third kappa shape index (κ3) is 6.47. The van der Waals surface area contributed by atoms with E-state index in [-0.39, 0.29) is 6.10 Å². The molecule has 3 nitrogen and oxygen atoms in total. The summed E-state index contributed by atoms with van der Waals surface area (Å²) in [5.74, 6) is 0.566. The van der Waals surface area contributed by atoms with Crippen molar-refractivity contribution in [2.75, 3.05) is 26.2 Å². The fourth-order valence-electron chi connectivity index (χ4n) is 3.22. The van der Waals surface area contributed by atoms with Gasteiger partial charge in [-0.2, -0.15) is 0 Å². The van der Waals surface area contributed by atoms with Gasteiger partial charge in [-0.25, -0.2) is 0 Å². The highest BCUT2D eigenvalue weighted by molar-refractivity contribution is 5.14. The maximum Gasteiger partial charge on any atom is 0.0667 e. The Morgan fingerprint density at radius 3 is 2.50 bits per heavy atom. The second-order valence-corrected chi connectivity index (χ2v) is 7.04. The van der Waals surface area contributed by atoms with Crippen LogP contribution in [0.5, 0.6) is 0 Å². The van der Waals surface area contributed by atoms with E-state index >= 15 is 0 Å². The van der Waals surface area contributed by atoms with Gasteiger partial charge >= 0.3 is 0 Å². The van der Waals surface area contributed by atoms with Crippen LogP contribution in [-0.4, -0.2) is 48.3 Å². The fourth-order valence-corrected chi connectivity index (χ4v) is 3.22. The Labute approximate surface area is 135 Å². The Hall–Kier alpha value is -0.900. The second-order valence-electron chi connectivity index (χ2n) is 7.04. The summed E-state index contributed by atoms with van der Waals surface area (Å²) >= 11 is 0. The third-order valence-corrected chi connectivity index (χ3v) is 4.53. The molecule has 0 aromatic heterocycles. The van der Waals surface area contributed by atoms with E-state index < -0.39 is 0 Å². The Morgan fingerprint density at radius 2 is 1.86 bits per heavy atom. The molecule has 1 unspecified atom stereocenters. The summed E-state index contributed by atoms with van der Waals surface area (Å²) < 4.78 is 0. The Balaban J connectivity index is 1.59. The van der Waals surface area contributed by atoms with Crippen molar-refractivity contribution in [1.29, 1.82) is 0 Å². The van der Waals surface area contributed by atoms with Crippen LogP contribution in [0.1, 0.15) is 38.7 Å². The van der Waals surface area contributed by atoms with Crippen LogP contribution in [-0.2, 0) is 6.42 Å². The van der Waals surface area contributed by atoms with Gasteiger partial charge in [0.2, 0.25) is 0 Å². The van der Waals surface area contributed by atoms with Crippen molar-refractivity contribution in [3.8, 4) is 0 Å². The van der Waals surface area contributed by atoms with Crippen LogP contribution in [0.15, 0.2) is 30.3 Å². The molecule has 1 aliphatic heterocycles. The first-order chi connectivity index (χ1) is 10.6. The van der Waals surface area contributed by atoms with E-state index in [0.717, 1.165) is 25.9 Å². The van der Waals surface area contributed by atoms with Gasteiger partial charge in [0.05, 0.1) is 6.10 Å². The van der Waals surface area contributed by atoms with E-state index in [0.29, 0.717) is 12.0 Å². The zero-order chi connectivity index (χ0) is 15.8. The maximum absolute atomic E-state index is 9.94. The molecule has 1 saturated heterocycles. The number of nitrogens with one attached hydrogen (secondary N) is 1. The molecule has 0 bridgehead atoms. The molecule has 0 amide bonds. The van der Waals surface area contributed by atoms with E-state index in [9.17, 15) is 5.11 Å². The van der Waals surface area contributed by atoms with Crippen molar-refractivity contribution < 1.29 is 5.11 Å². The molecule has 3 heteroatoms. The average molecular weight is 304 g/mol. The zero-order valence-corrected chi connectivity index (χ0v) is 14.2. The van der Waals surface area contributed by atoms with Gasteiger partial charge in [0.15, 0.2) is 0 Å². The number of aliphatic hydroxyl groups is 1. The number of rotatable bonds is 8. The Morgan fingerprint density at radius 1 is 1.18 bits per heavy atom. The van der Waals surface area contributed by atoms with Gasteiger partial charge in [-0.1, -0.05) is 44.2 Å². The molecule has 1 heterocycles. The molecule has 124 valence electrons. The molecule has 2 rings (SSSR count). The first-order valence-corrected chi connectivity index (χ1v) is 8.81. The summed E-state index contributed by atoms with van der Waals surface area (Å²) in [6.07, 6.45) is 4.23. The van der Waals surface area contributed by atoms with Crippen molar-refractivity contribution in [2.24, 2.45) is 5.92 Å². The van der Waals surface area contributed by atoms with E-state index in [1.807, 2.05) is 0 Å². The topological polar surface area (TPSA) is 35.5 Å². The lowest BCUT2D eigenvalue weighted by molar-refractivity contribution is 0.132. The first-order valence-electron chi connectivity index (χ1n) is 8.81. The van der Waals surface area contributed by atoms with Crippen molar-refractivity contribution in [3.05, 3.63) is 35.9 Å². The summed E-state index contributed by atoms with van der Waals surface area (Å²) in [6, 6.07) is 11.3. The smallest absolute Gasteiger partial charge is 0.0667 e. The van der Waals surface area contributed by atoms with E-state index in [4.69, 9.17) is 0 Å². The van der Waals surface area contributed by atoms with E-state index in [1.165, 1.54) is 31.5 Å². The molecule has 0 radical (unpaired) electrons.